The summed E-state index contributed by atoms with van der Waals surface area (Å²) in [5, 5.41) is 21.5. The van der Waals surface area contributed by atoms with Crippen molar-refractivity contribution in [1.29, 1.82) is 0 Å². The van der Waals surface area contributed by atoms with Crippen LogP contribution in [0.3, 0.4) is 0 Å². The predicted molar refractivity (Wildman–Crippen MR) is 77.1 cm³/mol. The molecule has 0 N–H and O–H groups in total. The molecule has 0 aliphatic carbocycles. The maximum absolute atomic E-state index is 10.7. The Morgan fingerprint density at radius 1 is 0.850 bits per heavy atom. The van der Waals surface area contributed by atoms with E-state index in [4.69, 9.17) is 9.95 Å². The zero-order valence-corrected chi connectivity index (χ0v) is 12.6. The number of benzene rings is 2. The Morgan fingerprint density at radius 3 is 1.60 bits per heavy atom. The molecule has 2 aromatic rings. The van der Waals surface area contributed by atoms with Crippen LogP contribution in [-0.4, -0.2) is 23.6 Å². The van der Waals surface area contributed by atoms with Gasteiger partial charge in [0.1, 0.15) is 0 Å². The first-order valence-electron chi connectivity index (χ1n) is 5.44. The molecule has 102 valence electrons. The second kappa shape index (κ2) is 6.03. The van der Waals surface area contributed by atoms with Crippen molar-refractivity contribution in [2.75, 3.05) is 0 Å². The Morgan fingerprint density at radius 2 is 1.25 bits per heavy atom. The van der Waals surface area contributed by atoms with Crippen molar-refractivity contribution in [3.63, 3.8) is 0 Å². The second-order valence-electron chi connectivity index (χ2n) is 3.83. The molecule has 0 aliphatic rings. The van der Waals surface area contributed by atoms with Crippen LogP contribution in [0.5, 0.6) is 0 Å². The van der Waals surface area contributed by atoms with E-state index in [0.717, 1.165) is 0 Å². The zero-order valence-electron chi connectivity index (χ0n) is 9.97. The zero-order chi connectivity index (χ0) is 14.7. The van der Waals surface area contributed by atoms with Crippen LogP contribution in [0.4, 0.5) is 11.4 Å². The van der Waals surface area contributed by atoms with Gasteiger partial charge in [-0.25, -0.2) is 0 Å². The topological polar surface area (TPSA) is 86.3 Å². The Hall–Kier alpha value is -1.91. The molecule has 20 heavy (non-hydrogen) atoms. The molecule has 0 aromatic heterocycles. The molecule has 2 aromatic carbocycles. The van der Waals surface area contributed by atoms with Crippen molar-refractivity contribution in [3.05, 3.63) is 68.8 Å². The van der Waals surface area contributed by atoms with Gasteiger partial charge in [0, 0.05) is 0 Å². The molecular formula is C12H8AsClN2O4. The van der Waals surface area contributed by atoms with Gasteiger partial charge in [0.25, 0.3) is 0 Å². The summed E-state index contributed by atoms with van der Waals surface area (Å²) in [7, 11) is 6.39. The molecule has 2 rings (SSSR count). The summed E-state index contributed by atoms with van der Waals surface area (Å²) in [5.74, 6) is 0. The van der Waals surface area contributed by atoms with E-state index >= 15 is 0 Å². The van der Waals surface area contributed by atoms with Crippen LogP contribution < -0.4 is 8.70 Å². The molecule has 0 spiro atoms. The number of hydrogen-bond donors (Lipinski definition) is 0. The van der Waals surface area contributed by atoms with Gasteiger partial charge in [0.2, 0.25) is 0 Å². The molecule has 0 amide bonds. The maximum atomic E-state index is 10.7. The van der Waals surface area contributed by atoms with E-state index in [-0.39, 0.29) is 11.4 Å². The summed E-state index contributed by atoms with van der Waals surface area (Å²) in [5.41, 5.74) is -0.0686. The summed E-state index contributed by atoms with van der Waals surface area (Å²) in [6, 6.07) is 12.2. The Balaban J connectivity index is 2.38. The van der Waals surface area contributed by atoms with Gasteiger partial charge in [0.15, 0.2) is 0 Å². The van der Waals surface area contributed by atoms with E-state index < -0.39 is 23.6 Å². The van der Waals surface area contributed by atoms with Crippen LogP contribution in [0.25, 0.3) is 0 Å². The van der Waals surface area contributed by atoms with Crippen molar-refractivity contribution in [1.82, 2.24) is 0 Å². The van der Waals surface area contributed by atoms with Crippen LogP contribution in [0.15, 0.2) is 48.5 Å². The molecule has 6 nitrogen and oxygen atoms in total. The quantitative estimate of drug-likeness (QED) is 0.476. The molecule has 0 heterocycles. The summed E-state index contributed by atoms with van der Waals surface area (Å²) >= 11 is -2.27. The van der Waals surface area contributed by atoms with E-state index in [1.807, 2.05) is 0 Å². The number of rotatable bonds is 4. The summed E-state index contributed by atoms with van der Waals surface area (Å²) in [6.07, 6.45) is 0. The average Bonchev–Trinajstić information content (AvgIpc) is 2.46. The van der Waals surface area contributed by atoms with Crippen molar-refractivity contribution in [2.45, 2.75) is 0 Å². The van der Waals surface area contributed by atoms with E-state index in [0.29, 0.717) is 8.70 Å². The number of halogens is 1. The van der Waals surface area contributed by atoms with Gasteiger partial charge >= 0.3 is 122 Å². The van der Waals surface area contributed by atoms with Gasteiger partial charge in [-0.1, -0.05) is 0 Å². The minimum absolute atomic E-state index is 0.0343. The summed E-state index contributed by atoms with van der Waals surface area (Å²) in [6.45, 7) is 0. The van der Waals surface area contributed by atoms with E-state index in [2.05, 4.69) is 0 Å². The SMILES string of the molecule is O=[N+]([O-])c1cccc([As](Cl)c2cccc([N+](=O)[O-])c2)c1. The van der Waals surface area contributed by atoms with Crippen LogP contribution in [0.1, 0.15) is 0 Å². The van der Waals surface area contributed by atoms with Crippen molar-refractivity contribution >= 4 is 43.7 Å². The third kappa shape index (κ3) is 3.15. The number of nitro benzene ring substituents is 2. The van der Waals surface area contributed by atoms with Crippen molar-refractivity contribution in [2.24, 2.45) is 0 Å². The predicted octanol–water partition coefficient (Wildman–Crippen LogP) is 1.85. The minimum atomic E-state index is -2.27. The van der Waals surface area contributed by atoms with Gasteiger partial charge in [-0.2, -0.15) is 0 Å². The second-order valence-corrected chi connectivity index (χ2v) is 8.94. The monoisotopic (exact) mass is 354 g/mol. The van der Waals surface area contributed by atoms with Gasteiger partial charge in [-0.15, -0.1) is 0 Å². The number of nitro groups is 2. The molecule has 0 aliphatic heterocycles. The van der Waals surface area contributed by atoms with Crippen LogP contribution in [-0.2, 0) is 0 Å². The Kier molecular flexibility index (Phi) is 4.37. The molecule has 0 unspecified atom stereocenters. The molecular weight excluding hydrogens is 347 g/mol. The first-order chi connectivity index (χ1) is 9.49. The molecule has 0 saturated carbocycles. The molecule has 0 fully saturated rings. The Labute approximate surface area is 122 Å². The van der Waals surface area contributed by atoms with Crippen LogP contribution in [0, 0.1) is 20.2 Å². The normalized spacial score (nSPS) is 10.5. The van der Waals surface area contributed by atoms with Gasteiger partial charge < -0.3 is 0 Å². The summed E-state index contributed by atoms with van der Waals surface area (Å²) < 4.78 is 1.32. The van der Waals surface area contributed by atoms with Gasteiger partial charge in [-0.05, 0) is 0 Å². The third-order valence-electron chi connectivity index (χ3n) is 2.53. The van der Waals surface area contributed by atoms with Gasteiger partial charge in [0.05, 0.1) is 0 Å². The molecule has 0 saturated heterocycles. The van der Waals surface area contributed by atoms with Crippen molar-refractivity contribution in [3.8, 4) is 0 Å². The number of hydrogen-bond acceptors (Lipinski definition) is 4. The van der Waals surface area contributed by atoms with Crippen molar-refractivity contribution < 1.29 is 9.85 Å². The van der Waals surface area contributed by atoms with E-state index in [1.165, 1.54) is 24.3 Å². The van der Waals surface area contributed by atoms with E-state index in [9.17, 15) is 20.2 Å². The third-order valence-corrected chi connectivity index (χ3v) is 7.63. The molecule has 8 heteroatoms. The van der Waals surface area contributed by atoms with Crippen LogP contribution in [0.2, 0.25) is 0 Å². The fourth-order valence-corrected chi connectivity index (χ4v) is 5.27. The fraction of sp³-hybridized carbons (Fsp3) is 0. The molecule has 0 atom stereocenters. The van der Waals surface area contributed by atoms with E-state index in [1.54, 1.807) is 24.3 Å². The number of nitrogens with zero attached hydrogens (tertiary/aromatic N) is 2. The average molecular weight is 355 g/mol. The first kappa shape index (κ1) is 14.5. The number of non-ortho nitro benzene ring substituents is 2. The fourth-order valence-electron chi connectivity index (χ4n) is 1.61. The van der Waals surface area contributed by atoms with Crippen LogP contribution >= 0.6 is 9.95 Å². The first-order valence-corrected chi connectivity index (χ1v) is 9.78. The molecule has 0 radical (unpaired) electrons. The standard InChI is InChI=1S/C12H8AsClN2O4/c14-13(9-3-1-5-11(7-9)15(17)18)10-4-2-6-12(8-10)16(19)20/h1-8H. The molecule has 0 bridgehead atoms. The Bertz CT molecular complexity index is 623. The summed E-state index contributed by atoms with van der Waals surface area (Å²) in [4.78, 5) is 20.5. The van der Waals surface area contributed by atoms with Gasteiger partial charge in [-0.3, -0.25) is 0 Å².